The second-order valence-electron chi connectivity index (χ2n) is 3.61. The van der Waals surface area contributed by atoms with E-state index in [4.69, 9.17) is 4.74 Å². The lowest BCUT2D eigenvalue weighted by Crippen LogP contribution is -2.21. The molecule has 0 aliphatic carbocycles. The fourth-order valence-corrected chi connectivity index (χ4v) is 1.66. The van der Waals surface area contributed by atoms with Crippen LogP contribution in [0.25, 0.3) is 0 Å². The number of rotatable bonds is 0. The van der Waals surface area contributed by atoms with E-state index in [0.29, 0.717) is 11.8 Å². The maximum absolute atomic E-state index is 5.61. The predicted octanol–water partition coefficient (Wildman–Crippen LogP) is 2.82. The number of benzene rings is 1. The van der Waals surface area contributed by atoms with Gasteiger partial charge in [0.15, 0.2) is 0 Å². The van der Waals surface area contributed by atoms with Crippen LogP contribution in [0.2, 0.25) is 0 Å². The second-order valence-corrected chi connectivity index (χ2v) is 3.61. The first-order valence-electron chi connectivity index (χ1n) is 4.51. The van der Waals surface area contributed by atoms with E-state index >= 15 is 0 Å². The summed E-state index contributed by atoms with van der Waals surface area (Å²) in [5.41, 5.74) is 1.36. The molecule has 1 aromatic carbocycles. The molecule has 2 atom stereocenters. The molecule has 2 unspecified atom stereocenters. The van der Waals surface area contributed by atoms with Gasteiger partial charge < -0.3 is 4.74 Å². The quantitative estimate of drug-likeness (QED) is 0.570. The van der Waals surface area contributed by atoms with E-state index < -0.39 is 0 Å². The molecular weight excluding hydrogens is 148 g/mol. The Bertz CT molecular complexity index is 280. The van der Waals surface area contributed by atoms with Gasteiger partial charge in [-0.3, -0.25) is 0 Å². The molecule has 1 aliphatic rings. The molecule has 0 amide bonds. The predicted molar refractivity (Wildman–Crippen MR) is 49.5 cm³/mol. The van der Waals surface area contributed by atoms with Crippen molar-refractivity contribution in [3.63, 3.8) is 0 Å². The number of fused-ring (bicyclic) bond motifs is 1. The molecule has 1 aromatic rings. The zero-order valence-electron chi connectivity index (χ0n) is 7.58. The van der Waals surface area contributed by atoms with Gasteiger partial charge in [0, 0.05) is 0 Å². The van der Waals surface area contributed by atoms with Gasteiger partial charge in [-0.1, -0.05) is 32.0 Å². The number of ether oxygens (including phenoxy) is 1. The van der Waals surface area contributed by atoms with Crippen molar-refractivity contribution >= 4 is 0 Å². The molecule has 1 heteroatoms. The lowest BCUT2D eigenvalue weighted by Gasteiger charge is -2.28. The van der Waals surface area contributed by atoms with Crippen LogP contribution in [0.1, 0.15) is 25.3 Å². The van der Waals surface area contributed by atoms with Crippen molar-refractivity contribution in [2.45, 2.75) is 19.8 Å². The van der Waals surface area contributed by atoms with Crippen molar-refractivity contribution in [1.29, 1.82) is 0 Å². The van der Waals surface area contributed by atoms with Crippen LogP contribution in [0.4, 0.5) is 0 Å². The van der Waals surface area contributed by atoms with Crippen LogP contribution in [0.3, 0.4) is 0 Å². The molecule has 0 bridgehead atoms. The molecule has 1 aliphatic heterocycles. The standard InChI is InChI=1S/C11H14O/c1-8-7-12-11-6-4-3-5-10(11)9(8)2/h3-6,8-9H,7H2,1-2H3. The van der Waals surface area contributed by atoms with Gasteiger partial charge in [-0.25, -0.2) is 0 Å². The van der Waals surface area contributed by atoms with Gasteiger partial charge in [-0.2, -0.15) is 0 Å². The second kappa shape index (κ2) is 2.81. The van der Waals surface area contributed by atoms with E-state index in [1.807, 2.05) is 6.07 Å². The zero-order chi connectivity index (χ0) is 8.55. The average molecular weight is 162 g/mol. The van der Waals surface area contributed by atoms with Crippen molar-refractivity contribution in [1.82, 2.24) is 0 Å². The monoisotopic (exact) mass is 162 g/mol. The maximum atomic E-state index is 5.61. The Morgan fingerprint density at radius 3 is 2.83 bits per heavy atom. The van der Waals surface area contributed by atoms with Crippen molar-refractivity contribution in [3.05, 3.63) is 29.8 Å². The van der Waals surface area contributed by atoms with Gasteiger partial charge >= 0.3 is 0 Å². The van der Waals surface area contributed by atoms with Crippen molar-refractivity contribution < 1.29 is 4.74 Å². The zero-order valence-corrected chi connectivity index (χ0v) is 7.58. The molecule has 0 N–H and O–H groups in total. The summed E-state index contributed by atoms with van der Waals surface area (Å²) >= 11 is 0. The van der Waals surface area contributed by atoms with E-state index in [-0.39, 0.29) is 0 Å². The fraction of sp³-hybridized carbons (Fsp3) is 0.455. The molecular formula is C11H14O. The Labute approximate surface area is 73.4 Å². The number of hydrogen-bond donors (Lipinski definition) is 0. The molecule has 0 radical (unpaired) electrons. The summed E-state index contributed by atoms with van der Waals surface area (Å²) in [5, 5.41) is 0. The van der Waals surface area contributed by atoms with E-state index in [1.165, 1.54) is 5.56 Å². The van der Waals surface area contributed by atoms with Crippen LogP contribution in [0, 0.1) is 5.92 Å². The highest BCUT2D eigenvalue weighted by Crippen LogP contribution is 2.35. The van der Waals surface area contributed by atoms with E-state index in [9.17, 15) is 0 Å². The molecule has 0 spiro atoms. The minimum atomic E-state index is 0.634. The molecule has 12 heavy (non-hydrogen) atoms. The molecule has 1 nitrogen and oxygen atoms in total. The van der Waals surface area contributed by atoms with Crippen molar-refractivity contribution in [3.8, 4) is 5.75 Å². The van der Waals surface area contributed by atoms with Gasteiger partial charge in [-0.15, -0.1) is 0 Å². The molecule has 0 saturated carbocycles. The summed E-state index contributed by atoms with van der Waals surface area (Å²) in [6.45, 7) is 5.37. The Balaban J connectivity index is 2.42. The molecule has 0 fully saturated rings. The van der Waals surface area contributed by atoms with Crippen LogP contribution in [0.5, 0.6) is 5.75 Å². The minimum Gasteiger partial charge on any atom is -0.493 e. The third-order valence-electron chi connectivity index (χ3n) is 2.76. The van der Waals surface area contributed by atoms with Crippen molar-refractivity contribution in [2.75, 3.05) is 6.61 Å². The SMILES string of the molecule is CC1COc2ccccc2C1C. The summed E-state index contributed by atoms with van der Waals surface area (Å²) in [5.74, 6) is 2.35. The van der Waals surface area contributed by atoms with Crippen LogP contribution in [-0.4, -0.2) is 6.61 Å². The van der Waals surface area contributed by atoms with Crippen LogP contribution in [-0.2, 0) is 0 Å². The largest absolute Gasteiger partial charge is 0.493 e. The van der Waals surface area contributed by atoms with Gasteiger partial charge in [0.1, 0.15) is 5.75 Å². The Hall–Kier alpha value is -0.980. The number of hydrogen-bond acceptors (Lipinski definition) is 1. The van der Waals surface area contributed by atoms with Gasteiger partial charge in [-0.05, 0) is 23.5 Å². The molecule has 0 saturated heterocycles. The van der Waals surface area contributed by atoms with Crippen molar-refractivity contribution in [2.24, 2.45) is 5.92 Å². The summed E-state index contributed by atoms with van der Waals surface area (Å²) in [4.78, 5) is 0. The average Bonchev–Trinajstić information content (AvgIpc) is 2.12. The number of para-hydroxylation sites is 1. The van der Waals surface area contributed by atoms with Gasteiger partial charge in [0.25, 0.3) is 0 Å². The van der Waals surface area contributed by atoms with E-state index in [2.05, 4.69) is 32.0 Å². The summed E-state index contributed by atoms with van der Waals surface area (Å²) < 4.78 is 5.61. The molecule has 2 rings (SSSR count). The van der Waals surface area contributed by atoms with Crippen LogP contribution >= 0.6 is 0 Å². The Morgan fingerprint density at radius 1 is 1.25 bits per heavy atom. The van der Waals surface area contributed by atoms with Crippen LogP contribution < -0.4 is 4.74 Å². The fourth-order valence-electron chi connectivity index (χ4n) is 1.66. The van der Waals surface area contributed by atoms with E-state index in [1.54, 1.807) is 0 Å². The lowest BCUT2D eigenvalue weighted by molar-refractivity contribution is 0.211. The van der Waals surface area contributed by atoms with E-state index in [0.717, 1.165) is 12.4 Å². The highest BCUT2D eigenvalue weighted by atomic mass is 16.5. The Kier molecular flexibility index (Phi) is 1.80. The third-order valence-corrected chi connectivity index (χ3v) is 2.76. The van der Waals surface area contributed by atoms with Gasteiger partial charge in [0.2, 0.25) is 0 Å². The molecule has 64 valence electrons. The first kappa shape index (κ1) is 7.66. The third kappa shape index (κ3) is 1.09. The highest BCUT2D eigenvalue weighted by Gasteiger charge is 2.23. The normalized spacial score (nSPS) is 27.5. The Morgan fingerprint density at radius 2 is 2.00 bits per heavy atom. The first-order chi connectivity index (χ1) is 5.79. The highest BCUT2D eigenvalue weighted by molar-refractivity contribution is 5.37. The first-order valence-corrected chi connectivity index (χ1v) is 4.51. The molecule has 0 aromatic heterocycles. The summed E-state index contributed by atoms with van der Waals surface area (Å²) in [6, 6.07) is 8.33. The molecule has 1 heterocycles. The lowest BCUT2D eigenvalue weighted by atomic mass is 9.87. The van der Waals surface area contributed by atoms with Crippen LogP contribution in [0.15, 0.2) is 24.3 Å². The summed E-state index contributed by atoms with van der Waals surface area (Å²) in [6.07, 6.45) is 0. The van der Waals surface area contributed by atoms with Gasteiger partial charge in [0.05, 0.1) is 6.61 Å². The smallest absolute Gasteiger partial charge is 0.122 e. The summed E-state index contributed by atoms with van der Waals surface area (Å²) in [7, 11) is 0. The topological polar surface area (TPSA) is 9.23 Å². The maximum Gasteiger partial charge on any atom is 0.122 e. The minimum absolute atomic E-state index is 0.634.